The molecule has 1 amide bonds. The summed E-state index contributed by atoms with van der Waals surface area (Å²) in [4.78, 5) is 25.1. The first kappa shape index (κ1) is 16.7. The van der Waals surface area contributed by atoms with Crippen molar-refractivity contribution in [3.05, 3.63) is 60.6 Å². The van der Waals surface area contributed by atoms with Crippen LogP contribution in [0.1, 0.15) is 16.1 Å². The van der Waals surface area contributed by atoms with Crippen LogP contribution < -0.4 is 0 Å². The first-order chi connectivity index (χ1) is 12.7. The third-order valence-corrected chi connectivity index (χ3v) is 4.99. The van der Waals surface area contributed by atoms with E-state index in [1.165, 1.54) is 23.5 Å². The van der Waals surface area contributed by atoms with Crippen LogP contribution in [0, 0.1) is 5.92 Å². The van der Waals surface area contributed by atoms with Gasteiger partial charge >= 0.3 is 0 Å². The van der Waals surface area contributed by atoms with Crippen molar-refractivity contribution >= 4 is 16.7 Å². The van der Waals surface area contributed by atoms with Gasteiger partial charge < -0.3 is 14.2 Å². The lowest BCUT2D eigenvalue weighted by molar-refractivity contribution is 0.0714. The number of likely N-dealkylation sites (N-methyl/N-ethyl adjacent to an activating group) is 1. The number of hydrogen-bond donors (Lipinski definition) is 0. The Labute approximate surface area is 152 Å². The Kier molecular flexibility index (Phi) is 4.67. The van der Waals surface area contributed by atoms with E-state index < -0.39 is 0 Å². The molecule has 0 spiro atoms. The molecule has 6 nitrogen and oxygen atoms in total. The van der Waals surface area contributed by atoms with E-state index in [9.17, 15) is 4.79 Å². The highest BCUT2D eigenvalue weighted by Crippen LogP contribution is 2.22. The molecule has 1 saturated heterocycles. The van der Waals surface area contributed by atoms with Gasteiger partial charge in [-0.15, -0.1) is 0 Å². The molecule has 0 aliphatic carbocycles. The van der Waals surface area contributed by atoms with Gasteiger partial charge in [-0.05, 0) is 30.3 Å². The van der Waals surface area contributed by atoms with Gasteiger partial charge in [-0.2, -0.15) is 0 Å². The highest BCUT2D eigenvalue weighted by Gasteiger charge is 2.27. The number of carbonyl (C=O) groups is 1. The summed E-state index contributed by atoms with van der Waals surface area (Å²) in [6.45, 7) is 3.20. The number of fused-ring (bicyclic) bond motifs is 1. The molecule has 1 aliphatic rings. The monoisotopic (exact) mass is 350 g/mol. The summed E-state index contributed by atoms with van der Waals surface area (Å²) >= 11 is 0. The minimum atomic E-state index is -0.0844. The molecule has 6 heteroatoms. The summed E-state index contributed by atoms with van der Waals surface area (Å²) in [7, 11) is 2.11. The molecule has 134 valence electrons. The van der Waals surface area contributed by atoms with Crippen molar-refractivity contribution in [1.29, 1.82) is 0 Å². The topological polar surface area (TPSA) is 62.5 Å². The smallest absolute Gasteiger partial charge is 0.291 e. The average molecular weight is 350 g/mol. The first-order valence-corrected chi connectivity index (χ1v) is 8.88. The number of amides is 1. The second kappa shape index (κ2) is 7.25. The second-order valence-corrected chi connectivity index (χ2v) is 6.97. The molecule has 1 aromatic carbocycles. The standard InChI is InChI=1S/C20H22N4O2/c1-23-6-7-24(20(25)19-11-22-14-26-19)13-15(12-23)8-17-10-21-9-16-4-2-3-5-18(16)17/h2-5,9-11,14-15H,6-8,12-13H2,1H3. The van der Waals surface area contributed by atoms with Gasteiger partial charge in [0.15, 0.2) is 6.39 Å². The van der Waals surface area contributed by atoms with Crippen LogP contribution in [0.2, 0.25) is 0 Å². The Balaban J connectivity index is 1.57. The van der Waals surface area contributed by atoms with Gasteiger partial charge in [0, 0.05) is 44.0 Å². The van der Waals surface area contributed by atoms with Crippen LogP contribution >= 0.6 is 0 Å². The number of pyridine rings is 1. The van der Waals surface area contributed by atoms with E-state index in [0.29, 0.717) is 24.8 Å². The summed E-state index contributed by atoms with van der Waals surface area (Å²) in [5, 5.41) is 2.39. The number of hydrogen-bond acceptors (Lipinski definition) is 5. The summed E-state index contributed by atoms with van der Waals surface area (Å²) < 4.78 is 5.20. The third kappa shape index (κ3) is 3.46. The summed E-state index contributed by atoms with van der Waals surface area (Å²) in [6.07, 6.45) is 7.53. The predicted octanol–water partition coefficient (Wildman–Crippen LogP) is 2.47. The Morgan fingerprint density at radius 1 is 1.15 bits per heavy atom. The molecule has 3 aromatic rings. The van der Waals surface area contributed by atoms with Gasteiger partial charge in [-0.1, -0.05) is 24.3 Å². The van der Waals surface area contributed by atoms with Crippen molar-refractivity contribution in [3.8, 4) is 0 Å². The van der Waals surface area contributed by atoms with E-state index in [2.05, 4.69) is 40.1 Å². The molecular weight excluding hydrogens is 328 g/mol. The van der Waals surface area contributed by atoms with E-state index in [1.807, 2.05) is 23.4 Å². The van der Waals surface area contributed by atoms with Crippen LogP contribution in [0.4, 0.5) is 0 Å². The van der Waals surface area contributed by atoms with Crippen molar-refractivity contribution in [1.82, 2.24) is 19.8 Å². The quantitative estimate of drug-likeness (QED) is 0.726. The Morgan fingerprint density at radius 3 is 2.88 bits per heavy atom. The molecule has 0 bridgehead atoms. The fourth-order valence-electron chi connectivity index (χ4n) is 3.73. The number of rotatable bonds is 3. The van der Waals surface area contributed by atoms with Crippen molar-refractivity contribution in [3.63, 3.8) is 0 Å². The minimum absolute atomic E-state index is 0.0844. The molecular formula is C20H22N4O2. The zero-order valence-electron chi connectivity index (χ0n) is 14.8. The fourth-order valence-corrected chi connectivity index (χ4v) is 3.73. The molecule has 0 saturated carbocycles. The lowest BCUT2D eigenvalue weighted by atomic mass is 9.96. The predicted molar refractivity (Wildman–Crippen MR) is 98.8 cm³/mol. The highest BCUT2D eigenvalue weighted by atomic mass is 16.3. The summed E-state index contributed by atoms with van der Waals surface area (Å²) in [6, 6.07) is 8.32. The van der Waals surface area contributed by atoms with E-state index in [1.54, 1.807) is 0 Å². The van der Waals surface area contributed by atoms with Crippen LogP contribution in [-0.2, 0) is 6.42 Å². The number of benzene rings is 1. The third-order valence-electron chi connectivity index (χ3n) is 4.99. The van der Waals surface area contributed by atoms with Gasteiger partial charge in [-0.3, -0.25) is 9.78 Å². The largest absolute Gasteiger partial charge is 0.438 e. The zero-order valence-corrected chi connectivity index (χ0v) is 14.8. The van der Waals surface area contributed by atoms with Gasteiger partial charge in [-0.25, -0.2) is 4.98 Å². The normalized spacial score (nSPS) is 18.8. The maximum atomic E-state index is 12.7. The maximum absolute atomic E-state index is 12.7. The molecule has 1 atom stereocenters. The number of aromatic nitrogens is 2. The molecule has 3 heterocycles. The van der Waals surface area contributed by atoms with E-state index >= 15 is 0 Å². The number of oxazole rings is 1. The van der Waals surface area contributed by atoms with Gasteiger partial charge in [0.05, 0.1) is 6.20 Å². The molecule has 4 rings (SSSR count). The Morgan fingerprint density at radius 2 is 2.04 bits per heavy atom. The van der Waals surface area contributed by atoms with Gasteiger partial charge in [0.2, 0.25) is 5.76 Å². The number of carbonyl (C=O) groups excluding carboxylic acids is 1. The molecule has 26 heavy (non-hydrogen) atoms. The molecule has 0 N–H and O–H groups in total. The lowest BCUT2D eigenvalue weighted by Crippen LogP contribution is -2.36. The minimum Gasteiger partial charge on any atom is -0.438 e. The molecule has 1 fully saturated rings. The van der Waals surface area contributed by atoms with Crippen molar-refractivity contribution in [2.45, 2.75) is 6.42 Å². The Bertz CT molecular complexity index is 888. The fraction of sp³-hybridized carbons (Fsp3) is 0.350. The van der Waals surface area contributed by atoms with Crippen molar-refractivity contribution in [2.75, 3.05) is 33.2 Å². The van der Waals surface area contributed by atoms with Crippen LogP contribution in [0.5, 0.6) is 0 Å². The van der Waals surface area contributed by atoms with E-state index in [-0.39, 0.29) is 5.91 Å². The molecule has 1 unspecified atom stereocenters. The van der Waals surface area contributed by atoms with Gasteiger partial charge in [0.25, 0.3) is 5.91 Å². The van der Waals surface area contributed by atoms with Crippen LogP contribution in [0.15, 0.2) is 53.7 Å². The van der Waals surface area contributed by atoms with Crippen molar-refractivity contribution in [2.24, 2.45) is 5.92 Å². The second-order valence-electron chi connectivity index (χ2n) is 6.97. The Hall–Kier alpha value is -2.73. The average Bonchev–Trinajstić information content (AvgIpc) is 3.13. The van der Waals surface area contributed by atoms with Crippen molar-refractivity contribution < 1.29 is 9.21 Å². The lowest BCUT2D eigenvalue weighted by Gasteiger charge is -2.23. The van der Waals surface area contributed by atoms with Crippen LogP contribution in [0.25, 0.3) is 10.8 Å². The molecule has 0 radical (unpaired) electrons. The van der Waals surface area contributed by atoms with Crippen LogP contribution in [0.3, 0.4) is 0 Å². The zero-order chi connectivity index (χ0) is 17.9. The first-order valence-electron chi connectivity index (χ1n) is 8.88. The highest BCUT2D eigenvalue weighted by molar-refractivity contribution is 5.91. The van der Waals surface area contributed by atoms with Gasteiger partial charge in [0.1, 0.15) is 0 Å². The molecule has 1 aliphatic heterocycles. The van der Waals surface area contributed by atoms with Crippen LogP contribution in [-0.4, -0.2) is 58.9 Å². The summed E-state index contributed by atoms with van der Waals surface area (Å²) in [5.74, 6) is 0.556. The maximum Gasteiger partial charge on any atom is 0.291 e. The SMILES string of the molecule is CN1CCN(C(=O)c2cnco2)CC(Cc2cncc3ccccc23)C1. The number of nitrogens with zero attached hydrogens (tertiary/aromatic N) is 4. The summed E-state index contributed by atoms with van der Waals surface area (Å²) in [5.41, 5.74) is 1.23. The van der Waals surface area contributed by atoms with E-state index in [0.717, 1.165) is 24.9 Å². The molecule has 2 aromatic heterocycles. The van der Waals surface area contributed by atoms with E-state index in [4.69, 9.17) is 4.42 Å².